The average molecular weight is 1100 g/mol. The zero-order valence-electron chi connectivity index (χ0n) is 39.4. The van der Waals surface area contributed by atoms with Gasteiger partial charge in [-0.25, -0.2) is 4.98 Å². The Balaban J connectivity index is 0.00000530. The second kappa shape index (κ2) is 18.6. The molecule has 8 aromatic carbocycles. The van der Waals surface area contributed by atoms with Gasteiger partial charge in [0.25, 0.3) is 0 Å². The third kappa shape index (κ3) is 7.97. The van der Waals surface area contributed by atoms with Crippen LogP contribution in [0.25, 0.3) is 128 Å². The monoisotopic (exact) mass is 1100 g/mol. The van der Waals surface area contributed by atoms with Crippen LogP contribution < -0.4 is 0 Å². The molecule has 5 aromatic heterocycles. The number of imidazole rings is 1. The molecule has 340 valence electrons. The smallest absolute Gasteiger partial charge is 0.307 e. The maximum Gasteiger partial charge on any atom is 3.00 e. The Kier molecular flexibility index (Phi) is 11.5. The summed E-state index contributed by atoms with van der Waals surface area (Å²) < 4.78 is 2.24. The standard InChI is InChI=1S/C66H42N5.Ir/c1-42-21-33-60(68-40-42)46-27-23-44(24-28-46)52-12-3-6-15-55(52)49-36-50(56-16-7-4-13-53(56)45-25-29-47(30-26-45)61-34-22-43(2)41-69-61)38-51(37-49)57-17-8-5-14-54(57)48-31-32-58-59(39-48)66-70-62-18-9-10-19-63(62)71(66)64-20-11-35-67-65(58)64;/h3-27,29,31,33-41H,1-2H3;/q-3;+3. The summed E-state index contributed by atoms with van der Waals surface area (Å²) in [5.41, 5.74) is 23.9. The van der Waals surface area contributed by atoms with Gasteiger partial charge < -0.3 is 19.4 Å². The van der Waals surface area contributed by atoms with Crippen molar-refractivity contribution in [1.82, 2.24) is 24.3 Å². The Morgan fingerprint density at radius 3 is 1.38 bits per heavy atom. The van der Waals surface area contributed by atoms with Crippen molar-refractivity contribution >= 4 is 38.5 Å². The normalized spacial score (nSPS) is 11.4. The zero-order chi connectivity index (χ0) is 47.4. The quantitative estimate of drug-likeness (QED) is 0.112. The van der Waals surface area contributed by atoms with Gasteiger partial charge in [0.2, 0.25) is 0 Å². The number of hydrogen-bond acceptors (Lipinski definition) is 4. The molecule has 0 aliphatic carbocycles. The predicted molar refractivity (Wildman–Crippen MR) is 291 cm³/mol. The molecule has 13 rings (SSSR count). The number of para-hydroxylation sites is 2. The second-order valence-electron chi connectivity index (χ2n) is 18.2. The number of rotatable bonds is 8. The number of aromatic nitrogens is 5. The minimum Gasteiger partial charge on any atom is -0.307 e. The van der Waals surface area contributed by atoms with Gasteiger partial charge >= 0.3 is 20.1 Å². The van der Waals surface area contributed by atoms with Gasteiger partial charge in [-0.15, -0.1) is 83.2 Å². The molecule has 5 nitrogen and oxygen atoms in total. The van der Waals surface area contributed by atoms with E-state index in [1.807, 2.05) is 30.7 Å². The molecule has 6 heteroatoms. The summed E-state index contributed by atoms with van der Waals surface area (Å²) in [6.07, 6.45) is 5.67. The molecule has 5 heterocycles. The van der Waals surface area contributed by atoms with E-state index in [1.165, 1.54) is 0 Å². The summed E-state index contributed by atoms with van der Waals surface area (Å²) in [5.74, 6) is 0. The summed E-state index contributed by atoms with van der Waals surface area (Å²) >= 11 is 0. The Morgan fingerprint density at radius 2 is 0.875 bits per heavy atom. The molecule has 0 saturated heterocycles. The third-order valence-corrected chi connectivity index (χ3v) is 13.6. The maximum atomic E-state index is 5.22. The SMILES string of the molecule is Cc1ccc(-c2[c-]cc(-c3ccccc3-c3cc(-c4ccccc4-c4c[c-]c(-c5ccc(C)cn5)cc4)cc(-c4ccccc4-c4c[c-]c5c(c4)c4nc6ccccc6n4c4cccnc54)c3)cc2)nc1.[Ir+3]. The molecule has 0 spiro atoms. The Hall–Kier alpha value is -8.67. The van der Waals surface area contributed by atoms with Gasteiger partial charge in [-0.3, -0.25) is 0 Å². The molecule has 0 atom stereocenters. The minimum atomic E-state index is 0. The molecule has 0 N–H and O–H groups in total. The summed E-state index contributed by atoms with van der Waals surface area (Å²) in [5, 5.41) is 1.95. The van der Waals surface area contributed by atoms with Crippen molar-refractivity contribution in [3.63, 3.8) is 0 Å². The Morgan fingerprint density at radius 1 is 0.403 bits per heavy atom. The van der Waals surface area contributed by atoms with Gasteiger partial charge in [0, 0.05) is 29.6 Å². The Labute approximate surface area is 431 Å². The van der Waals surface area contributed by atoms with Crippen molar-refractivity contribution < 1.29 is 20.1 Å². The predicted octanol–water partition coefficient (Wildman–Crippen LogP) is 16.3. The van der Waals surface area contributed by atoms with E-state index in [1.54, 1.807) is 0 Å². The van der Waals surface area contributed by atoms with Crippen LogP contribution in [-0.4, -0.2) is 24.3 Å². The van der Waals surface area contributed by atoms with Crippen molar-refractivity contribution in [2.24, 2.45) is 0 Å². The van der Waals surface area contributed by atoms with E-state index >= 15 is 0 Å². The number of benzene rings is 8. The first kappa shape index (κ1) is 44.5. The first-order valence-corrected chi connectivity index (χ1v) is 23.8. The minimum absolute atomic E-state index is 0. The topological polar surface area (TPSA) is 56.0 Å². The van der Waals surface area contributed by atoms with Crippen LogP contribution in [0.2, 0.25) is 0 Å². The van der Waals surface area contributed by atoms with Crippen LogP contribution >= 0.6 is 0 Å². The fourth-order valence-corrected chi connectivity index (χ4v) is 10.1. The molecule has 0 aliphatic rings. The van der Waals surface area contributed by atoms with Crippen LogP contribution in [0.4, 0.5) is 0 Å². The van der Waals surface area contributed by atoms with Gasteiger partial charge in [0.05, 0.1) is 11.0 Å². The molecular formula is C66H42IrN5. The zero-order valence-corrected chi connectivity index (χ0v) is 41.7. The summed E-state index contributed by atoms with van der Waals surface area (Å²) in [6.45, 7) is 4.11. The molecule has 72 heavy (non-hydrogen) atoms. The van der Waals surface area contributed by atoms with Crippen molar-refractivity contribution in [3.8, 4) is 89.3 Å². The summed E-state index contributed by atoms with van der Waals surface area (Å²) in [6, 6.07) is 81.8. The molecule has 13 aromatic rings. The van der Waals surface area contributed by atoms with Crippen molar-refractivity contribution in [1.29, 1.82) is 0 Å². The maximum absolute atomic E-state index is 5.22. The summed E-state index contributed by atoms with van der Waals surface area (Å²) in [4.78, 5) is 19.5. The summed E-state index contributed by atoms with van der Waals surface area (Å²) in [7, 11) is 0. The number of pyridine rings is 4. The van der Waals surface area contributed by atoms with Gasteiger partial charge in [-0.2, -0.15) is 0 Å². The fourth-order valence-electron chi connectivity index (χ4n) is 10.1. The van der Waals surface area contributed by atoms with Crippen molar-refractivity contribution in [2.45, 2.75) is 13.8 Å². The Bertz CT molecular complexity index is 4010. The molecular weight excluding hydrogens is 1050 g/mol. The van der Waals surface area contributed by atoms with E-state index in [0.29, 0.717) is 0 Å². The van der Waals surface area contributed by atoms with Gasteiger partial charge in [0.1, 0.15) is 5.65 Å². The van der Waals surface area contributed by atoms with E-state index in [4.69, 9.17) is 9.97 Å². The molecule has 0 saturated carbocycles. The molecule has 0 radical (unpaired) electrons. The largest absolute Gasteiger partial charge is 3.00 e. The van der Waals surface area contributed by atoms with E-state index in [9.17, 15) is 0 Å². The van der Waals surface area contributed by atoms with E-state index in [-0.39, 0.29) is 20.1 Å². The number of nitrogens with zero attached hydrogens (tertiary/aromatic N) is 5. The second-order valence-corrected chi connectivity index (χ2v) is 18.2. The van der Waals surface area contributed by atoms with E-state index in [2.05, 4.69) is 234 Å². The molecule has 0 unspecified atom stereocenters. The number of fused-ring (bicyclic) bond motifs is 8. The van der Waals surface area contributed by atoms with Gasteiger partial charge in [0.15, 0.2) is 0 Å². The molecule has 0 fully saturated rings. The molecule has 0 bridgehead atoms. The van der Waals surface area contributed by atoms with Gasteiger partial charge in [-0.05, 0) is 112 Å². The van der Waals surface area contributed by atoms with Crippen LogP contribution in [0, 0.1) is 32.0 Å². The van der Waals surface area contributed by atoms with Crippen LogP contribution in [0.15, 0.2) is 219 Å². The van der Waals surface area contributed by atoms with Crippen LogP contribution in [0.1, 0.15) is 11.1 Å². The van der Waals surface area contributed by atoms with Crippen molar-refractivity contribution in [3.05, 3.63) is 248 Å². The molecule has 0 amide bonds. The first-order valence-electron chi connectivity index (χ1n) is 23.8. The first-order chi connectivity index (χ1) is 35.0. The van der Waals surface area contributed by atoms with Gasteiger partial charge in [-0.1, -0.05) is 148 Å². The van der Waals surface area contributed by atoms with Crippen molar-refractivity contribution in [2.75, 3.05) is 0 Å². The van der Waals surface area contributed by atoms with Crippen LogP contribution in [-0.2, 0) is 20.1 Å². The molecule has 0 aliphatic heterocycles. The van der Waals surface area contributed by atoms with E-state index < -0.39 is 0 Å². The number of aryl methyl sites for hydroxylation is 2. The average Bonchev–Trinajstić information content (AvgIpc) is 3.84. The number of hydrogen-bond donors (Lipinski definition) is 0. The van der Waals surface area contributed by atoms with Crippen LogP contribution in [0.3, 0.4) is 0 Å². The fraction of sp³-hybridized carbons (Fsp3) is 0.0303. The van der Waals surface area contributed by atoms with Crippen LogP contribution in [0.5, 0.6) is 0 Å². The van der Waals surface area contributed by atoms with E-state index in [0.717, 1.165) is 139 Å². The third-order valence-electron chi connectivity index (χ3n) is 13.6.